The summed E-state index contributed by atoms with van der Waals surface area (Å²) in [5.74, 6) is -1.40. The number of carbonyl (C=O) groups is 2. The van der Waals surface area contributed by atoms with Crippen molar-refractivity contribution in [3.05, 3.63) is 71.8 Å². The fourth-order valence-corrected chi connectivity index (χ4v) is 2.78. The summed E-state index contributed by atoms with van der Waals surface area (Å²) in [6.45, 7) is -0.401. The number of aliphatic hydroxyl groups excluding tert-OH is 3. The van der Waals surface area contributed by atoms with E-state index in [1.54, 1.807) is 48.5 Å². The molecule has 1 saturated heterocycles. The molecule has 8 heteroatoms. The Bertz CT molecular complexity index is 794. The first-order valence-electron chi connectivity index (χ1n) is 8.65. The highest BCUT2D eigenvalue weighted by molar-refractivity contribution is 5.90. The lowest BCUT2D eigenvalue weighted by atomic mass is 9.99. The molecule has 1 fully saturated rings. The monoisotopic (exact) mass is 388 g/mol. The van der Waals surface area contributed by atoms with Crippen LogP contribution in [0.4, 0.5) is 0 Å². The van der Waals surface area contributed by atoms with Crippen LogP contribution < -0.4 is 0 Å². The summed E-state index contributed by atoms with van der Waals surface area (Å²) in [5.41, 5.74) is 0.535. The Labute approximate surface area is 160 Å². The molecule has 5 atom stereocenters. The van der Waals surface area contributed by atoms with E-state index in [0.717, 1.165) is 0 Å². The van der Waals surface area contributed by atoms with E-state index in [1.165, 1.54) is 12.1 Å². The Balaban J connectivity index is 1.70. The summed E-state index contributed by atoms with van der Waals surface area (Å²) >= 11 is 0. The van der Waals surface area contributed by atoms with E-state index in [-0.39, 0.29) is 5.56 Å². The van der Waals surface area contributed by atoms with Crippen molar-refractivity contribution < 1.29 is 39.1 Å². The molecule has 1 aliphatic rings. The van der Waals surface area contributed by atoms with Gasteiger partial charge in [0.1, 0.15) is 24.9 Å². The molecule has 148 valence electrons. The zero-order valence-electron chi connectivity index (χ0n) is 14.8. The lowest BCUT2D eigenvalue weighted by Gasteiger charge is -2.39. The molecule has 0 aliphatic carbocycles. The normalized spacial score (nSPS) is 27.0. The first-order chi connectivity index (χ1) is 13.5. The SMILES string of the molecule is O=C(OC[C@H]1OC(O)[C@H](O)[C@@H](O)[C@@H]1OC(=O)c1ccccc1)c1ccccc1. The molecule has 0 aromatic heterocycles. The third-order valence-electron chi connectivity index (χ3n) is 4.30. The molecule has 0 amide bonds. The molecule has 2 aromatic carbocycles. The minimum absolute atomic E-state index is 0.232. The van der Waals surface area contributed by atoms with Crippen molar-refractivity contribution in [1.29, 1.82) is 0 Å². The third kappa shape index (κ3) is 4.55. The van der Waals surface area contributed by atoms with Crippen LogP contribution in [0.3, 0.4) is 0 Å². The van der Waals surface area contributed by atoms with Gasteiger partial charge in [0.15, 0.2) is 12.4 Å². The van der Waals surface area contributed by atoms with E-state index in [9.17, 15) is 24.9 Å². The van der Waals surface area contributed by atoms with Gasteiger partial charge in [0, 0.05) is 0 Å². The highest BCUT2D eigenvalue weighted by Gasteiger charge is 2.46. The van der Waals surface area contributed by atoms with Crippen molar-refractivity contribution in [2.45, 2.75) is 30.7 Å². The summed E-state index contributed by atoms with van der Waals surface area (Å²) in [5, 5.41) is 29.9. The number of ether oxygens (including phenoxy) is 3. The van der Waals surface area contributed by atoms with E-state index >= 15 is 0 Å². The molecule has 3 rings (SSSR count). The Morgan fingerprint density at radius 2 is 1.36 bits per heavy atom. The van der Waals surface area contributed by atoms with Gasteiger partial charge in [-0.2, -0.15) is 0 Å². The number of esters is 2. The maximum atomic E-state index is 12.3. The van der Waals surface area contributed by atoms with Gasteiger partial charge in [-0.1, -0.05) is 36.4 Å². The van der Waals surface area contributed by atoms with Crippen LogP contribution in [0, 0.1) is 0 Å². The molecule has 0 spiro atoms. The van der Waals surface area contributed by atoms with Crippen LogP contribution in [0.25, 0.3) is 0 Å². The zero-order chi connectivity index (χ0) is 20.1. The standard InChI is InChI=1S/C20H20O8/c21-15-16(22)20(25)27-14(11-26-18(23)12-7-3-1-4-8-12)17(15)28-19(24)13-9-5-2-6-10-13/h1-10,14-17,20-22,25H,11H2/t14-,15-,16-,17-,20?/m1/s1. The second-order valence-corrected chi connectivity index (χ2v) is 6.25. The summed E-state index contributed by atoms with van der Waals surface area (Å²) < 4.78 is 15.6. The lowest BCUT2D eigenvalue weighted by molar-refractivity contribution is -0.285. The van der Waals surface area contributed by atoms with Crippen LogP contribution in [-0.2, 0) is 14.2 Å². The van der Waals surface area contributed by atoms with Crippen molar-refractivity contribution in [2.75, 3.05) is 6.61 Å². The second-order valence-electron chi connectivity index (χ2n) is 6.25. The zero-order valence-corrected chi connectivity index (χ0v) is 14.8. The smallest absolute Gasteiger partial charge is 0.338 e. The summed E-state index contributed by atoms with van der Waals surface area (Å²) in [4.78, 5) is 24.4. The highest BCUT2D eigenvalue weighted by Crippen LogP contribution is 2.24. The van der Waals surface area contributed by atoms with Crippen LogP contribution >= 0.6 is 0 Å². The highest BCUT2D eigenvalue weighted by atomic mass is 16.7. The van der Waals surface area contributed by atoms with E-state index in [1.807, 2.05) is 0 Å². The van der Waals surface area contributed by atoms with Crippen molar-refractivity contribution >= 4 is 11.9 Å². The summed E-state index contributed by atoms with van der Waals surface area (Å²) in [6, 6.07) is 16.3. The molecular weight excluding hydrogens is 368 g/mol. The van der Waals surface area contributed by atoms with Crippen molar-refractivity contribution in [1.82, 2.24) is 0 Å². The summed E-state index contributed by atoms with van der Waals surface area (Å²) in [7, 11) is 0. The third-order valence-corrected chi connectivity index (χ3v) is 4.30. The van der Waals surface area contributed by atoms with Gasteiger partial charge in [0.25, 0.3) is 0 Å². The van der Waals surface area contributed by atoms with Gasteiger partial charge in [0.2, 0.25) is 0 Å². The maximum Gasteiger partial charge on any atom is 0.338 e. The molecular formula is C20H20O8. The van der Waals surface area contributed by atoms with E-state index in [4.69, 9.17) is 14.2 Å². The molecule has 0 bridgehead atoms. The predicted octanol–water partition coefficient (Wildman–Crippen LogP) is 0.508. The van der Waals surface area contributed by atoms with E-state index < -0.39 is 49.3 Å². The van der Waals surface area contributed by atoms with Crippen LogP contribution in [0.5, 0.6) is 0 Å². The minimum atomic E-state index is -1.72. The lowest BCUT2D eigenvalue weighted by Crippen LogP contribution is -2.60. The molecule has 0 saturated carbocycles. The fraction of sp³-hybridized carbons (Fsp3) is 0.300. The quantitative estimate of drug-likeness (QED) is 0.633. The largest absolute Gasteiger partial charge is 0.459 e. The fourth-order valence-electron chi connectivity index (χ4n) is 2.78. The van der Waals surface area contributed by atoms with Crippen LogP contribution in [0.1, 0.15) is 20.7 Å². The van der Waals surface area contributed by atoms with Crippen molar-refractivity contribution in [3.8, 4) is 0 Å². The average Bonchev–Trinajstić information content (AvgIpc) is 2.73. The second kappa shape index (κ2) is 8.94. The van der Waals surface area contributed by atoms with E-state index in [2.05, 4.69) is 0 Å². The molecule has 28 heavy (non-hydrogen) atoms. The van der Waals surface area contributed by atoms with Gasteiger partial charge in [-0.15, -0.1) is 0 Å². The van der Waals surface area contributed by atoms with Crippen LogP contribution in [0.15, 0.2) is 60.7 Å². The number of hydrogen-bond donors (Lipinski definition) is 3. The Morgan fingerprint density at radius 1 is 0.821 bits per heavy atom. The topological polar surface area (TPSA) is 123 Å². The van der Waals surface area contributed by atoms with Crippen molar-refractivity contribution in [2.24, 2.45) is 0 Å². The average molecular weight is 388 g/mol. The van der Waals surface area contributed by atoms with Gasteiger partial charge in [-0.25, -0.2) is 9.59 Å². The van der Waals surface area contributed by atoms with Gasteiger partial charge in [-0.3, -0.25) is 0 Å². The minimum Gasteiger partial charge on any atom is -0.459 e. The number of benzene rings is 2. The van der Waals surface area contributed by atoms with Gasteiger partial charge in [0.05, 0.1) is 11.1 Å². The Morgan fingerprint density at radius 3 is 1.93 bits per heavy atom. The Hall–Kier alpha value is -2.78. The molecule has 8 nitrogen and oxygen atoms in total. The molecule has 1 aliphatic heterocycles. The number of carbonyl (C=O) groups excluding carboxylic acids is 2. The first kappa shape index (κ1) is 20.0. The molecule has 2 aromatic rings. The van der Waals surface area contributed by atoms with Crippen molar-refractivity contribution in [3.63, 3.8) is 0 Å². The predicted molar refractivity (Wildman–Crippen MR) is 95.3 cm³/mol. The van der Waals surface area contributed by atoms with Gasteiger partial charge >= 0.3 is 11.9 Å². The number of rotatable bonds is 5. The number of aliphatic hydroxyl groups is 3. The number of hydrogen-bond acceptors (Lipinski definition) is 8. The molecule has 0 radical (unpaired) electrons. The molecule has 1 heterocycles. The summed E-state index contributed by atoms with van der Waals surface area (Å²) in [6.07, 6.45) is -7.56. The Kier molecular flexibility index (Phi) is 6.37. The van der Waals surface area contributed by atoms with Gasteiger partial charge in [-0.05, 0) is 24.3 Å². The molecule has 3 N–H and O–H groups in total. The van der Waals surface area contributed by atoms with Crippen LogP contribution in [0.2, 0.25) is 0 Å². The molecule has 1 unspecified atom stereocenters. The van der Waals surface area contributed by atoms with E-state index in [0.29, 0.717) is 5.56 Å². The maximum absolute atomic E-state index is 12.3. The van der Waals surface area contributed by atoms with Gasteiger partial charge < -0.3 is 29.5 Å². The van der Waals surface area contributed by atoms with Crippen LogP contribution in [-0.4, -0.2) is 64.6 Å². The first-order valence-corrected chi connectivity index (χ1v) is 8.65.